The lowest BCUT2D eigenvalue weighted by Gasteiger charge is -2.08. The molecule has 0 N–H and O–H groups in total. The van der Waals surface area contributed by atoms with Crippen LogP contribution in [0, 0.1) is 0 Å². The number of aromatic nitrogens is 2. The monoisotopic (exact) mass is 398 g/mol. The predicted molar refractivity (Wildman–Crippen MR) is 92.3 cm³/mol. The molecule has 3 rings (SSSR count). The minimum Gasteiger partial charge on any atom is -0.220 e. The Hall–Kier alpha value is -0.940. The molecule has 0 atom stereocenters. The third-order valence-corrected chi connectivity index (χ3v) is 4.86. The van der Waals surface area contributed by atoms with Crippen molar-refractivity contribution < 1.29 is 0 Å². The quantitative estimate of drug-likeness (QED) is 0.515. The first-order valence-corrected chi connectivity index (χ1v) is 8.56. The van der Waals surface area contributed by atoms with Gasteiger partial charge in [-0.15, -0.1) is 11.3 Å². The zero-order chi connectivity index (χ0) is 14.8. The highest BCUT2D eigenvalue weighted by Gasteiger charge is 2.14. The van der Waals surface area contributed by atoms with Gasteiger partial charge in [0.25, 0.3) is 0 Å². The zero-order valence-electron chi connectivity index (χ0n) is 10.7. The van der Waals surface area contributed by atoms with Crippen molar-refractivity contribution >= 4 is 50.5 Å². The summed E-state index contributed by atoms with van der Waals surface area (Å²) in [6, 6.07) is 11.8. The van der Waals surface area contributed by atoms with E-state index in [4.69, 9.17) is 23.2 Å². The highest BCUT2D eigenvalue weighted by Crippen LogP contribution is 2.33. The number of halogens is 3. The maximum absolute atomic E-state index is 6.31. The van der Waals surface area contributed by atoms with Crippen molar-refractivity contribution in [3.05, 3.63) is 67.3 Å². The SMILES string of the molecule is Clc1nc(Cc2cccs2)nc(Cl)c1-c1ccc(Br)cc1. The van der Waals surface area contributed by atoms with Gasteiger partial charge in [0, 0.05) is 15.8 Å². The van der Waals surface area contributed by atoms with Crippen molar-refractivity contribution in [2.24, 2.45) is 0 Å². The van der Waals surface area contributed by atoms with Crippen LogP contribution >= 0.6 is 50.5 Å². The first kappa shape index (κ1) is 15.0. The van der Waals surface area contributed by atoms with Crippen LogP contribution in [0.4, 0.5) is 0 Å². The molecular weight excluding hydrogens is 391 g/mol. The second kappa shape index (κ2) is 6.44. The molecule has 1 aromatic carbocycles. The van der Waals surface area contributed by atoms with E-state index in [0.717, 1.165) is 10.0 Å². The Balaban J connectivity index is 1.98. The van der Waals surface area contributed by atoms with E-state index in [1.54, 1.807) is 11.3 Å². The molecule has 0 aliphatic rings. The Bertz CT molecular complexity index is 735. The van der Waals surface area contributed by atoms with Crippen LogP contribution in [0.15, 0.2) is 46.3 Å². The van der Waals surface area contributed by atoms with Gasteiger partial charge in [0.2, 0.25) is 0 Å². The molecule has 0 bridgehead atoms. The Labute approximate surface area is 144 Å². The van der Waals surface area contributed by atoms with Gasteiger partial charge in [-0.2, -0.15) is 0 Å². The number of hydrogen-bond acceptors (Lipinski definition) is 3. The third-order valence-electron chi connectivity index (χ3n) is 2.91. The predicted octanol–water partition coefficient (Wildman–Crippen LogP) is 5.87. The highest BCUT2D eigenvalue weighted by molar-refractivity contribution is 9.10. The minimum atomic E-state index is 0.379. The Morgan fingerprint density at radius 2 is 1.67 bits per heavy atom. The summed E-state index contributed by atoms with van der Waals surface area (Å²) in [5, 5.41) is 2.78. The van der Waals surface area contributed by atoms with Crippen LogP contribution < -0.4 is 0 Å². The van der Waals surface area contributed by atoms with Gasteiger partial charge in [0.05, 0.1) is 5.56 Å². The lowest BCUT2D eigenvalue weighted by Crippen LogP contribution is -1.98. The van der Waals surface area contributed by atoms with Gasteiger partial charge < -0.3 is 0 Å². The molecule has 106 valence electrons. The van der Waals surface area contributed by atoms with E-state index in [9.17, 15) is 0 Å². The number of benzene rings is 1. The van der Waals surface area contributed by atoms with Crippen molar-refractivity contribution in [2.75, 3.05) is 0 Å². The largest absolute Gasteiger partial charge is 0.220 e. The highest BCUT2D eigenvalue weighted by atomic mass is 79.9. The lowest BCUT2D eigenvalue weighted by molar-refractivity contribution is 0.983. The van der Waals surface area contributed by atoms with Crippen molar-refractivity contribution in [2.45, 2.75) is 6.42 Å². The van der Waals surface area contributed by atoms with Gasteiger partial charge in [0.15, 0.2) is 0 Å². The number of hydrogen-bond donors (Lipinski definition) is 0. The summed E-state index contributed by atoms with van der Waals surface area (Å²) >= 11 is 17.7. The third kappa shape index (κ3) is 3.46. The van der Waals surface area contributed by atoms with Crippen molar-refractivity contribution in [3.8, 4) is 11.1 Å². The van der Waals surface area contributed by atoms with Crippen LogP contribution in [0.5, 0.6) is 0 Å². The standard InChI is InChI=1S/C15H9BrCl2N2S/c16-10-5-3-9(4-6-10)13-14(17)19-12(20-15(13)18)8-11-2-1-7-21-11/h1-7H,8H2. The minimum absolute atomic E-state index is 0.379. The van der Waals surface area contributed by atoms with Crippen LogP contribution in [-0.4, -0.2) is 9.97 Å². The molecule has 0 radical (unpaired) electrons. The second-order valence-electron chi connectivity index (χ2n) is 4.36. The smallest absolute Gasteiger partial charge is 0.142 e. The first-order chi connectivity index (χ1) is 10.1. The van der Waals surface area contributed by atoms with Gasteiger partial charge in [0.1, 0.15) is 16.1 Å². The maximum atomic E-state index is 6.31. The maximum Gasteiger partial charge on any atom is 0.142 e. The average molecular weight is 400 g/mol. The molecule has 2 nitrogen and oxygen atoms in total. The number of nitrogens with zero attached hydrogens (tertiary/aromatic N) is 2. The summed E-state index contributed by atoms with van der Waals surface area (Å²) in [5.74, 6) is 0.633. The summed E-state index contributed by atoms with van der Waals surface area (Å²) in [6.45, 7) is 0. The van der Waals surface area contributed by atoms with Crippen molar-refractivity contribution in [3.63, 3.8) is 0 Å². The summed E-state index contributed by atoms with van der Waals surface area (Å²) in [6.07, 6.45) is 0.637. The zero-order valence-corrected chi connectivity index (χ0v) is 14.6. The normalized spacial score (nSPS) is 10.8. The molecule has 0 fully saturated rings. The average Bonchev–Trinajstić information content (AvgIpc) is 2.93. The van der Waals surface area contributed by atoms with E-state index in [0.29, 0.717) is 28.1 Å². The summed E-state index contributed by atoms with van der Waals surface area (Å²) < 4.78 is 0.994. The van der Waals surface area contributed by atoms with E-state index in [1.807, 2.05) is 41.8 Å². The molecule has 0 saturated carbocycles. The van der Waals surface area contributed by atoms with E-state index in [-0.39, 0.29) is 0 Å². The van der Waals surface area contributed by atoms with Crippen molar-refractivity contribution in [1.82, 2.24) is 9.97 Å². The van der Waals surface area contributed by atoms with Crippen LogP contribution in [0.2, 0.25) is 10.3 Å². The Kier molecular flexibility index (Phi) is 4.60. The van der Waals surface area contributed by atoms with E-state index >= 15 is 0 Å². The number of rotatable bonds is 3. The van der Waals surface area contributed by atoms with Crippen LogP contribution in [0.3, 0.4) is 0 Å². The van der Waals surface area contributed by atoms with Crippen LogP contribution in [0.25, 0.3) is 11.1 Å². The van der Waals surface area contributed by atoms with E-state index < -0.39 is 0 Å². The summed E-state index contributed by atoms with van der Waals surface area (Å²) in [4.78, 5) is 9.92. The Morgan fingerprint density at radius 1 is 1.00 bits per heavy atom. The molecule has 2 heterocycles. The molecular formula is C15H9BrCl2N2S. The lowest BCUT2D eigenvalue weighted by atomic mass is 10.1. The molecule has 6 heteroatoms. The topological polar surface area (TPSA) is 25.8 Å². The molecule has 3 aromatic rings. The molecule has 0 saturated heterocycles. The Morgan fingerprint density at radius 3 is 2.24 bits per heavy atom. The van der Waals surface area contributed by atoms with Crippen LogP contribution in [0.1, 0.15) is 10.7 Å². The fourth-order valence-corrected chi connectivity index (χ4v) is 3.56. The second-order valence-corrected chi connectivity index (χ2v) is 7.02. The van der Waals surface area contributed by atoms with Crippen molar-refractivity contribution in [1.29, 1.82) is 0 Å². The molecule has 2 aromatic heterocycles. The van der Waals surface area contributed by atoms with Gasteiger partial charge >= 0.3 is 0 Å². The molecule has 0 spiro atoms. The summed E-state index contributed by atoms with van der Waals surface area (Å²) in [7, 11) is 0. The molecule has 0 unspecified atom stereocenters. The molecule has 0 aliphatic heterocycles. The fraction of sp³-hybridized carbons (Fsp3) is 0.0667. The number of thiophene rings is 1. The molecule has 0 aliphatic carbocycles. The van der Waals surface area contributed by atoms with Gasteiger partial charge in [-0.05, 0) is 29.1 Å². The first-order valence-electron chi connectivity index (χ1n) is 6.14. The summed E-state index contributed by atoms with van der Waals surface area (Å²) in [5.41, 5.74) is 1.57. The van der Waals surface area contributed by atoms with Crippen LogP contribution in [-0.2, 0) is 6.42 Å². The molecule has 0 amide bonds. The van der Waals surface area contributed by atoms with E-state index in [1.165, 1.54) is 4.88 Å². The van der Waals surface area contributed by atoms with E-state index in [2.05, 4.69) is 25.9 Å². The van der Waals surface area contributed by atoms with Gasteiger partial charge in [-0.25, -0.2) is 9.97 Å². The fourth-order valence-electron chi connectivity index (χ4n) is 1.95. The molecule has 21 heavy (non-hydrogen) atoms. The van der Waals surface area contributed by atoms with Gasteiger partial charge in [-0.3, -0.25) is 0 Å². The van der Waals surface area contributed by atoms with Gasteiger partial charge in [-0.1, -0.05) is 57.3 Å².